The topological polar surface area (TPSA) is 69.7 Å². The number of imide groups is 1. The molecule has 1 atom stereocenters. The maximum absolute atomic E-state index is 12.7. The molecule has 0 aromatic carbocycles. The summed E-state index contributed by atoms with van der Waals surface area (Å²) in [4.78, 5) is 40.6. The quantitative estimate of drug-likeness (QED) is 0.807. The molecular formula is C17H27N3O3. The number of urea groups is 1. The van der Waals surface area contributed by atoms with E-state index < -0.39 is 11.6 Å². The first-order valence-corrected chi connectivity index (χ1v) is 8.88. The second-order valence-electron chi connectivity index (χ2n) is 7.50. The summed E-state index contributed by atoms with van der Waals surface area (Å²) in [6, 6.07) is -0.169. The molecule has 3 aliphatic rings. The van der Waals surface area contributed by atoms with Crippen LogP contribution in [-0.2, 0) is 9.59 Å². The summed E-state index contributed by atoms with van der Waals surface area (Å²) in [5.41, 5.74) is -0.738. The monoisotopic (exact) mass is 321 g/mol. The molecule has 2 saturated heterocycles. The van der Waals surface area contributed by atoms with Crippen LogP contribution in [0.2, 0.25) is 0 Å². The van der Waals surface area contributed by atoms with E-state index in [1.54, 1.807) is 0 Å². The smallest absolute Gasteiger partial charge is 0.325 e. The lowest BCUT2D eigenvalue weighted by Crippen LogP contribution is -2.49. The van der Waals surface area contributed by atoms with E-state index in [9.17, 15) is 14.4 Å². The van der Waals surface area contributed by atoms with Crippen molar-refractivity contribution in [2.45, 2.75) is 70.4 Å². The lowest BCUT2D eigenvalue weighted by molar-refractivity contribution is -0.140. The Morgan fingerprint density at radius 1 is 1.22 bits per heavy atom. The Kier molecular flexibility index (Phi) is 4.34. The van der Waals surface area contributed by atoms with Crippen LogP contribution >= 0.6 is 0 Å². The van der Waals surface area contributed by atoms with Crippen molar-refractivity contribution < 1.29 is 14.4 Å². The molecule has 0 aromatic heterocycles. The standard InChI is InChI=1S/C17H27N3O3/c1-12(2)13-7-6-10-19(13)14(21)11-20-15(22)17(18-16(20)23)8-4-3-5-9-17/h12-13H,3-11H2,1-2H3,(H,18,23)/t13-/m1/s1. The summed E-state index contributed by atoms with van der Waals surface area (Å²) >= 11 is 0. The second kappa shape index (κ2) is 6.13. The van der Waals surface area contributed by atoms with Crippen molar-refractivity contribution in [2.75, 3.05) is 13.1 Å². The lowest BCUT2D eigenvalue weighted by Gasteiger charge is -2.31. The maximum Gasteiger partial charge on any atom is 0.325 e. The van der Waals surface area contributed by atoms with Gasteiger partial charge in [0.2, 0.25) is 5.91 Å². The third kappa shape index (κ3) is 2.83. The summed E-state index contributed by atoms with van der Waals surface area (Å²) in [5.74, 6) is 0.0997. The molecule has 23 heavy (non-hydrogen) atoms. The first-order chi connectivity index (χ1) is 10.9. The van der Waals surface area contributed by atoms with Gasteiger partial charge in [0.15, 0.2) is 0 Å². The highest BCUT2D eigenvalue weighted by molar-refractivity contribution is 6.09. The highest BCUT2D eigenvalue weighted by Gasteiger charge is 2.52. The van der Waals surface area contributed by atoms with Crippen LogP contribution in [-0.4, -0.2) is 52.3 Å². The molecule has 0 bridgehead atoms. The molecule has 128 valence electrons. The highest BCUT2D eigenvalue weighted by atomic mass is 16.2. The number of likely N-dealkylation sites (tertiary alicyclic amines) is 1. The molecule has 1 N–H and O–H groups in total. The first-order valence-electron chi connectivity index (χ1n) is 8.88. The van der Waals surface area contributed by atoms with E-state index >= 15 is 0 Å². The van der Waals surface area contributed by atoms with Crippen molar-refractivity contribution in [2.24, 2.45) is 5.92 Å². The fraction of sp³-hybridized carbons (Fsp3) is 0.824. The molecule has 6 heteroatoms. The predicted molar refractivity (Wildman–Crippen MR) is 85.6 cm³/mol. The van der Waals surface area contributed by atoms with Gasteiger partial charge in [-0.3, -0.25) is 14.5 Å². The zero-order valence-corrected chi connectivity index (χ0v) is 14.1. The minimum atomic E-state index is -0.738. The molecule has 3 fully saturated rings. The van der Waals surface area contributed by atoms with Crippen molar-refractivity contribution in [3.05, 3.63) is 0 Å². The van der Waals surface area contributed by atoms with Gasteiger partial charge in [-0.15, -0.1) is 0 Å². The molecule has 0 aromatic rings. The van der Waals surface area contributed by atoms with Gasteiger partial charge in [0.25, 0.3) is 5.91 Å². The van der Waals surface area contributed by atoms with E-state index in [1.807, 2.05) is 4.90 Å². The third-order valence-corrected chi connectivity index (χ3v) is 5.64. The van der Waals surface area contributed by atoms with Gasteiger partial charge >= 0.3 is 6.03 Å². The predicted octanol–water partition coefficient (Wildman–Crippen LogP) is 1.89. The molecule has 0 unspecified atom stereocenters. The summed E-state index contributed by atoms with van der Waals surface area (Å²) in [6.07, 6.45) is 6.41. The highest BCUT2D eigenvalue weighted by Crippen LogP contribution is 2.34. The number of hydrogen-bond acceptors (Lipinski definition) is 3. The number of amides is 4. The van der Waals surface area contributed by atoms with E-state index in [2.05, 4.69) is 19.2 Å². The van der Waals surface area contributed by atoms with Crippen molar-refractivity contribution in [3.63, 3.8) is 0 Å². The Labute approximate surface area is 137 Å². The summed E-state index contributed by atoms with van der Waals surface area (Å²) in [7, 11) is 0. The third-order valence-electron chi connectivity index (χ3n) is 5.64. The molecule has 4 amide bonds. The Hall–Kier alpha value is -1.59. The van der Waals surface area contributed by atoms with Crippen LogP contribution in [0.1, 0.15) is 58.8 Å². The fourth-order valence-electron chi connectivity index (χ4n) is 4.34. The van der Waals surface area contributed by atoms with E-state index in [0.717, 1.165) is 43.5 Å². The number of carbonyl (C=O) groups is 3. The van der Waals surface area contributed by atoms with Crippen molar-refractivity contribution in [1.82, 2.24) is 15.1 Å². The minimum absolute atomic E-state index is 0.0995. The average Bonchev–Trinajstić information content (AvgIpc) is 3.09. The van der Waals surface area contributed by atoms with Gasteiger partial charge in [-0.1, -0.05) is 33.1 Å². The molecule has 0 radical (unpaired) electrons. The Morgan fingerprint density at radius 2 is 1.91 bits per heavy atom. The number of hydrogen-bond donors (Lipinski definition) is 1. The molecule has 2 aliphatic heterocycles. The van der Waals surface area contributed by atoms with E-state index in [-0.39, 0.29) is 24.4 Å². The number of nitrogens with zero attached hydrogens (tertiary/aromatic N) is 2. The number of nitrogens with one attached hydrogen (secondary N) is 1. The average molecular weight is 321 g/mol. The molecule has 1 spiro atoms. The van der Waals surface area contributed by atoms with Gasteiger partial charge < -0.3 is 10.2 Å². The number of rotatable bonds is 3. The zero-order chi connectivity index (χ0) is 16.6. The minimum Gasteiger partial charge on any atom is -0.338 e. The Morgan fingerprint density at radius 3 is 2.57 bits per heavy atom. The van der Waals surface area contributed by atoms with Gasteiger partial charge in [0.1, 0.15) is 12.1 Å². The van der Waals surface area contributed by atoms with Crippen molar-refractivity contribution in [3.8, 4) is 0 Å². The van der Waals surface area contributed by atoms with E-state index in [1.165, 1.54) is 0 Å². The molecule has 1 aliphatic carbocycles. The van der Waals surface area contributed by atoms with Gasteiger partial charge in [0, 0.05) is 12.6 Å². The van der Waals surface area contributed by atoms with Gasteiger partial charge in [-0.05, 0) is 31.6 Å². The van der Waals surface area contributed by atoms with Crippen LogP contribution in [0.4, 0.5) is 4.79 Å². The van der Waals surface area contributed by atoms with Gasteiger partial charge in [0.05, 0.1) is 0 Å². The lowest BCUT2D eigenvalue weighted by atomic mass is 9.82. The van der Waals surface area contributed by atoms with Crippen LogP contribution < -0.4 is 5.32 Å². The molecular weight excluding hydrogens is 294 g/mol. The van der Waals surface area contributed by atoms with E-state index in [4.69, 9.17) is 0 Å². The number of carbonyl (C=O) groups excluding carboxylic acids is 3. The maximum atomic E-state index is 12.7. The molecule has 2 heterocycles. The largest absolute Gasteiger partial charge is 0.338 e. The summed E-state index contributed by atoms with van der Waals surface area (Å²) in [6.45, 7) is 4.84. The molecule has 3 rings (SSSR count). The van der Waals surface area contributed by atoms with Crippen LogP contribution in [0.15, 0.2) is 0 Å². The van der Waals surface area contributed by atoms with Gasteiger partial charge in [-0.25, -0.2) is 4.79 Å². The second-order valence-corrected chi connectivity index (χ2v) is 7.50. The normalized spacial score (nSPS) is 27.2. The van der Waals surface area contributed by atoms with Gasteiger partial charge in [-0.2, -0.15) is 0 Å². The summed E-state index contributed by atoms with van der Waals surface area (Å²) < 4.78 is 0. The van der Waals surface area contributed by atoms with Crippen LogP contribution in [0.3, 0.4) is 0 Å². The SMILES string of the molecule is CC(C)[C@H]1CCCN1C(=O)CN1C(=O)NC2(CCCCC2)C1=O. The summed E-state index contributed by atoms with van der Waals surface area (Å²) in [5, 5.41) is 2.87. The van der Waals surface area contributed by atoms with Crippen LogP contribution in [0, 0.1) is 5.92 Å². The van der Waals surface area contributed by atoms with Crippen molar-refractivity contribution in [1.29, 1.82) is 0 Å². The first kappa shape index (κ1) is 16.3. The van der Waals surface area contributed by atoms with Crippen molar-refractivity contribution >= 4 is 17.8 Å². The molecule has 1 saturated carbocycles. The van der Waals surface area contributed by atoms with Crippen LogP contribution in [0.25, 0.3) is 0 Å². The fourth-order valence-corrected chi connectivity index (χ4v) is 4.34. The van der Waals surface area contributed by atoms with Crippen LogP contribution in [0.5, 0.6) is 0 Å². The Bertz CT molecular complexity index is 511. The zero-order valence-electron chi connectivity index (χ0n) is 14.1. The Balaban J connectivity index is 1.69. The van der Waals surface area contributed by atoms with E-state index in [0.29, 0.717) is 18.8 Å². The molecule has 6 nitrogen and oxygen atoms in total.